The summed E-state index contributed by atoms with van der Waals surface area (Å²) in [5.74, 6) is 1.43. The maximum Gasteiger partial charge on any atom is 0.132 e. The molecule has 1 aliphatic carbocycles. The van der Waals surface area contributed by atoms with Gasteiger partial charge in [-0.1, -0.05) is 13.8 Å². The highest BCUT2D eigenvalue weighted by molar-refractivity contribution is 5.47. The molecule has 1 atom stereocenters. The zero-order chi connectivity index (χ0) is 13.0. The van der Waals surface area contributed by atoms with E-state index in [0.717, 1.165) is 25.1 Å². The highest BCUT2D eigenvalue weighted by atomic mass is 16.3. The Morgan fingerprint density at radius 3 is 2.83 bits per heavy atom. The summed E-state index contributed by atoms with van der Waals surface area (Å²) < 4.78 is 0. The van der Waals surface area contributed by atoms with E-state index in [-0.39, 0.29) is 6.10 Å². The van der Waals surface area contributed by atoms with Crippen molar-refractivity contribution in [2.45, 2.75) is 52.1 Å². The van der Waals surface area contributed by atoms with Crippen LogP contribution in [0.3, 0.4) is 0 Å². The second-order valence-corrected chi connectivity index (χ2v) is 5.52. The fourth-order valence-corrected chi connectivity index (χ4v) is 2.52. The van der Waals surface area contributed by atoms with Gasteiger partial charge in [-0.3, -0.25) is 0 Å². The number of anilines is 1. The largest absolute Gasteiger partial charge is 0.391 e. The Morgan fingerprint density at radius 1 is 1.28 bits per heavy atom. The molecule has 2 rings (SSSR count). The predicted octanol–water partition coefficient (Wildman–Crippen LogP) is 2.17. The molecule has 1 aromatic heterocycles. The van der Waals surface area contributed by atoms with Crippen LogP contribution in [0.15, 0.2) is 6.33 Å². The lowest BCUT2D eigenvalue weighted by Gasteiger charge is -2.19. The van der Waals surface area contributed by atoms with E-state index in [2.05, 4.69) is 29.1 Å². The van der Waals surface area contributed by atoms with Gasteiger partial charge in [-0.2, -0.15) is 0 Å². The first-order chi connectivity index (χ1) is 8.66. The van der Waals surface area contributed by atoms with Crippen LogP contribution in [0.1, 0.15) is 44.4 Å². The summed E-state index contributed by atoms with van der Waals surface area (Å²) in [7, 11) is 0. The van der Waals surface area contributed by atoms with E-state index >= 15 is 0 Å². The van der Waals surface area contributed by atoms with E-state index in [1.54, 1.807) is 6.33 Å². The quantitative estimate of drug-likeness (QED) is 0.839. The molecule has 4 nitrogen and oxygen atoms in total. The summed E-state index contributed by atoms with van der Waals surface area (Å²) in [6, 6.07) is 0. The maximum atomic E-state index is 9.88. The van der Waals surface area contributed by atoms with E-state index in [0.29, 0.717) is 12.5 Å². The van der Waals surface area contributed by atoms with Crippen molar-refractivity contribution in [3.8, 4) is 0 Å². The lowest BCUT2D eigenvalue weighted by Crippen LogP contribution is -2.23. The number of hydrogen-bond donors (Lipinski definition) is 2. The summed E-state index contributed by atoms with van der Waals surface area (Å²) in [5.41, 5.74) is 2.43. The number of fused-ring (bicyclic) bond motifs is 1. The smallest absolute Gasteiger partial charge is 0.132 e. The van der Waals surface area contributed by atoms with Crippen LogP contribution in [-0.4, -0.2) is 27.7 Å². The first kappa shape index (κ1) is 13.3. The summed E-state index contributed by atoms with van der Waals surface area (Å²) in [4.78, 5) is 8.65. The third-order valence-corrected chi connectivity index (χ3v) is 3.37. The van der Waals surface area contributed by atoms with E-state index in [1.807, 2.05) is 0 Å². The molecule has 1 unspecified atom stereocenters. The number of aryl methyl sites for hydroxylation is 1. The third kappa shape index (κ3) is 3.42. The van der Waals surface area contributed by atoms with Crippen LogP contribution in [0.2, 0.25) is 0 Å². The van der Waals surface area contributed by atoms with Gasteiger partial charge < -0.3 is 10.4 Å². The van der Waals surface area contributed by atoms with Crippen molar-refractivity contribution in [1.82, 2.24) is 9.97 Å². The van der Waals surface area contributed by atoms with E-state index in [1.165, 1.54) is 24.1 Å². The molecule has 1 heterocycles. The topological polar surface area (TPSA) is 58.0 Å². The zero-order valence-electron chi connectivity index (χ0n) is 11.3. The number of rotatable bonds is 5. The highest BCUT2D eigenvalue weighted by Gasteiger charge is 2.16. The minimum absolute atomic E-state index is 0.306. The minimum atomic E-state index is -0.306. The van der Waals surface area contributed by atoms with Crippen molar-refractivity contribution in [3.63, 3.8) is 0 Å². The van der Waals surface area contributed by atoms with Crippen LogP contribution in [-0.2, 0) is 12.8 Å². The molecule has 0 saturated heterocycles. The standard InChI is InChI=1S/C14H23N3O/c1-10(2)7-11(18)8-15-14-12-5-3-4-6-13(12)16-9-17-14/h9-11,18H,3-8H2,1-2H3,(H,15,16,17). The van der Waals surface area contributed by atoms with Gasteiger partial charge in [0.05, 0.1) is 6.10 Å². The number of nitrogens with one attached hydrogen (secondary N) is 1. The maximum absolute atomic E-state index is 9.88. The normalized spacial score (nSPS) is 16.4. The monoisotopic (exact) mass is 249 g/mol. The van der Waals surface area contributed by atoms with Gasteiger partial charge >= 0.3 is 0 Å². The van der Waals surface area contributed by atoms with Gasteiger partial charge in [0.2, 0.25) is 0 Å². The number of nitrogens with zero attached hydrogens (tertiary/aromatic N) is 2. The highest BCUT2D eigenvalue weighted by Crippen LogP contribution is 2.24. The first-order valence-electron chi connectivity index (χ1n) is 6.91. The Balaban J connectivity index is 1.97. The fraction of sp³-hybridized carbons (Fsp3) is 0.714. The van der Waals surface area contributed by atoms with Crippen molar-refractivity contribution < 1.29 is 5.11 Å². The van der Waals surface area contributed by atoms with Crippen LogP contribution < -0.4 is 5.32 Å². The SMILES string of the molecule is CC(C)CC(O)CNc1ncnc2c1CCCC2. The predicted molar refractivity (Wildman–Crippen MR) is 72.6 cm³/mol. The Bertz CT molecular complexity index is 393. The summed E-state index contributed by atoms with van der Waals surface area (Å²) >= 11 is 0. The zero-order valence-corrected chi connectivity index (χ0v) is 11.3. The number of aromatic nitrogens is 2. The summed E-state index contributed by atoms with van der Waals surface area (Å²) in [5, 5.41) is 13.2. The molecule has 0 radical (unpaired) electrons. The molecule has 0 aromatic carbocycles. The van der Waals surface area contributed by atoms with Crippen LogP contribution in [0.4, 0.5) is 5.82 Å². The molecule has 0 spiro atoms. The lowest BCUT2D eigenvalue weighted by molar-refractivity contribution is 0.161. The molecule has 1 aromatic rings. The van der Waals surface area contributed by atoms with Gasteiger partial charge in [0.25, 0.3) is 0 Å². The van der Waals surface area contributed by atoms with Crippen LogP contribution in [0, 0.1) is 5.92 Å². The van der Waals surface area contributed by atoms with Crippen molar-refractivity contribution in [2.24, 2.45) is 5.92 Å². The van der Waals surface area contributed by atoms with E-state index in [9.17, 15) is 5.11 Å². The van der Waals surface area contributed by atoms with Gasteiger partial charge in [-0.25, -0.2) is 9.97 Å². The van der Waals surface area contributed by atoms with Gasteiger partial charge in [0.1, 0.15) is 12.1 Å². The molecule has 4 heteroatoms. The molecule has 2 N–H and O–H groups in total. The number of aliphatic hydroxyl groups is 1. The van der Waals surface area contributed by atoms with Crippen LogP contribution in [0.5, 0.6) is 0 Å². The van der Waals surface area contributed by atoms with Crippen LogP contribution in [0.25, 0.3) is 0 Å². The van der Waals surface area contributed by atoms with Gasteiger partial charge in [-0.05, 0) is 38.0 Å². The summed E-state index contributed by atoms with van der Waals surface area (Å²) in [6.07, 6.45) is 6.68. The molecule has 18 heavy (non-hydrogen) atoms. The van der Waals surface area contributed by atoms with Gasteiger partial charge in [-0.15, -0.1) is 0 Å². The molecule has 0 aliphatic heterocycles. The molecule has 0 fully saturated rings. The van der Waals surface area contributed by atoms with E-state index < -0.39 is 0 Å². The third-order valence-electron chi connectivity index (χ3n) is 3.37. The Labute approximate surface area is 109 Å². The Hall–Kier alpha value is -1.16. The molecular weight excluding hydrogens is 226 g/mol. The van der Waals surface area contributed by atoms with Crippen LogP contribution >= 0.6 is 0 Å². The number of aliphatic hydroxyl groups excluding tert-OH is 1. The van der Waals surface area contributed by atoms with Crippen molar-refractivity contribution in [1.29, 1.82) is 0 Å². The Kier molecular flexibility index (Phi) is 4.53. The molecule has 0 saturated carbocycles. The fourth-order valence-electron chi connectivity index (χ4n) is 2.52. The molecule has 0 bridgehead atoms. The molecule has 0 amide bonds. The lowest BCUT2D eigenvalue weighted by atomic mass is 9.96. The summed E-state index contributed by atoms with van der Waals surface area (Å²) in [6.45, 7) is 4.81. The molecule has 100 valence electrons. The molecular formula is C14H23N3O. The average molecular weight is 249 g/mol. The van der Waals surface area contributed by atoms with E-state index in [4.69, 9.17) is 0 Å². The van der Waals surface area contributed by atoms with Crippen molar-refractivity contribution in [2.75, 3.05) is 11.9 Å². The first-order valence-corrected chi connectivity index (χ1v) is 6.91. The van der Waals surface area contributed by atoms with Gasteiger partial charge in [0.15, 0.2) is 0 Å². The second kappa shape index (κ2) is 6.14. The Morgan fingerprint density at radius 2 is 2.06 bits per heavy atom. The average Bonchev–Trinajstić information content (AvgIpc) is 2.35. The van der Waals surface area contributed by atoms with Crippen molar-refractivity contribution >= 4 is 5.82 Å². The second-order valence-electron chi connectivity index (χ2n) is 5.52. The minimum Gasteiger partial charge on any atom is -0.391 e. The van der Waals surface area contributed by atoms with Crippen molar-refractivity contribution in [3.05, 3.63) is 17.6 Å². The molecule has 1 aliphatic rings. The number of hydrogen-bond acceptors (Lipinski definition) is 4. The van der Waals surface area contributed by atoms with Gasteiger partial charge in [0, 0.05) is 17.8 Å².